The van der Waals surface area contributed by atoms with Gasteiger partial charge < -0.3 is 9.80 Å². The second kappa shape index (κ2) is 17.0. The Kier molecular flexibility index (Phi) is 13.4. The van der Waals surface area contributed by atoms with Gasteiger partial charge in [0.05, 0.1) is 0 Å². The molecule has 0 unspecified atom stereocenters. The molecule has 0 aromatic heterocycles. The number of carbonyl (C=O) groups excluding carboxylic acids is 1. The highest BCUT2D eigenvalue weighted by atomic mass is 16.1. The van der Waals surface area contributed by atoms with Crippen molar-refractivity contribution in [1.29, 1.82) is 0 Å². The van der Waals surface area contributed by atoms with E-state index in [1.807, 2.05) is 0 Å². The molecule has 0 heterocycles. The van der Waals surface area contributed by atoms with Gasteiger partial charge >= 0.3 is 0 Å². The van der Waals surface area contributed by atoms with Gasteiger partial charge in [-0.1, -0.05) is 77.6 Å². The smallest absolute Gasteiger partial charge is 0.185 e. The second-order valence-corrected chi connectivity index (χ2v) is 11.1. The molecule has 1 saturated carbocycles. The van der Waals surface area contributed by atoms with Crippen molar-refractivity contribution in [2.24, 2.45) is 0 Å². The number of anilines is 2. The van der Waals surface area contributed by atoms with Crippen LogP contribution in [-0.4, -0.2) is 32.0 Å². The largest absolute Gasteiger partial charge is 0.372 e. The van der Waals surface area contributed by atoms with Gasteiger partial charge in [0.15, 0.2) is 5.78 Å². The fraction of sp³-hybridized carbons (Fsp3) is 0.528. The van der Waals surface area contributed by atoms with Crippen molar-refractivity contribution < 1.29 is 4.79 Å². The van der Waals surface area contributed by atoms with Crippen LogP contribution in [0.2, 0.25) is 0 Å². The number of rotatable bonds is 16. The topological polar surface area (TPSA) is 23.6 Å². The molecule has 212 valence electrons. The molecule has 3 rings (SSSR count). The van der Waals surface area contributed by atoms with Crippen LogP contribution in [0.5, 0.6) is 0 Å². The van der Waals surface area contributed by atoms with E-state index in [0.29, 0.717) is 0 Å². The fourth-order valence-electron chi connectivity index (χ4n) is 5.28. The van der Waals surface area contributed by atoms with Gasteiger partial charge in [-0.3, -0.25) is 4.79 Å². The van der Waals surface area contributed by atoms with Gasteiger partial charge in [-0.05, 0) is 92.5 Å². The van der Waals surface area contributed by atoms with Crippen molar-refractivity contribution in [3.05, 3.63) is 70.8 Å². The number of Topliss-reactive ketones (excluding diaryl/α,β-unsaturated/α-hetero) is 1. The summed E-state index contributed by atoms with van der Waals surface area (Å²) in [5, 5.41) is 0. The molecule has 1 aliphatic carbocycles. The fourth-order valence-corrected chi connectivity index (χ4v) is 5.28. The van der Waals surface area contributed by atoms with Gasteiger partial charge in [0.2, 0.25) is 0 Å². The summed E-state index contributed by atoms with van der Waals surface area (Å²) in [6.45, 7) is 13.5. The number of hydrogen-bond donors (Lipinski definition) is 0. The lowest BCUT2D eigenvalue weighted by Crippen LogP contribution is -2.25. The quantitative estimate of drug-likeness (QED) is 0.203. The van der Waals surface area contributed by atoms with Gasteiger partial charge in [0.25, 0.3) is 0 Å². The molecule has 3 nitrogen and oxygen atoms in total. The van der Waals surface area contributed by atoms with Gasteiger partial charge in [-0.2, -0.15) is 0 Å². The van der Waals surface area contributed by atoms with Gasteiger partial charge in [-0.25, -0.2) is 0 Å². The Morgan fingerprint density at radius 1 is 0.564 bits per heavy atom. The van der Waals surface area contributed by atoms with E-state index in [9.17, 15) is 4.79 Å². The monoisotopic (exact) mass is 528 g/mol. The zero-order valence-corrected chi connectivity index (χ0v) is 25.2. The number of allylic oxidation sites excluding steroid dienone is 2. The summed E-state index contributed by atoms with van der Waals surface area (Å²) >= 11 is 0. The molecule has 1 fully saturated rings. The minimum Gasteiger partial charge on any atom is -0.372 e. The summed E-state index contributed by atoms with van der Waals surface area (Å²) in [7, 11) is 0. The Hall–Kier alpha value is -2.81. The Labute approximate surface area is 239 Å². The number of unbranched alkanes of at least 4 members (excludes halogenated alkanes) is 4. The first-order valence-corrected chi connectivity index (χ1v) is 15.7. The number of hydrogen-bond acceptors (Lipinski definition) is 3. The Morgan fingerprint density at radius 2 is 0.897 bits per heavy atom. The maximum absolute atomic E-state index is 13.4. The van der Waals surface area contributed by atoms with Crippen LogP contribution in [0.25, 0.3) is 12.2 Å². The first-order valence-electron chi connectivity index (χ1n) is 15.7. The third kappa shape index (κ3) is 9.71. The molecule has 0 spiro atoms. The molecule has 0 aliphatic heterocycles. The van der Waals surface area contributed by atoms with E-state index >= 15 is 0 Å². The summed E-state index contributed by atoms with van der Waals surface area (Å²) in [5.41, 5.74) is 6.71. The van der Waals surface area contributed by atoms with Crippen molar-refractivity contribution in [1.82, 2.24) is 0 Å². The van der Waals surface area contributed by atoms with Gasteiger partial charge in [0.1, 0.15) is 0 Å². The van der Waals surface area contributed by atoms with Crippen molar-refractivity contribution >= 4 is 29.3 Å². The van der Waals surface area contributed by atoms with Gasteiger partial charge in [-0.15, -0.1) is 0 Å². The molecule has 2 aromatic carbocycles. The van der Waals surface area contributed by atoms with E-state index in [-0.39, 0.29) is 5.78 Å². The molecule has 0 N–H and O–H groups in total. The molecule has 0 atom stereocenters. The van der Waals surface area contributed by atoms with Crippen LogP contribution in [0.4, 0.5) is 11.4 Å². The van der Waals surface area contributed by atoms with E-state index < -0.39 is 0 Å². The van der Waals surface area contributed by atoms with E-state index in [1.54, 1.807) is 0 Å². The molecule has 1 aliphatic rings. The van der Waals surface area contributed by atoms with Gasteiger partial charge in [0, 0.05) is 48.7 Å². The molecule has 3 heteroatoms. The number of carbonyl (C=O) groups is 1. The summed E-state index contributed by atoms with van der Waals surface area (Å²) in [4.78, 5) is 18.4. The molecule has 0 bridgehead atoms. The maximum atomic E-state index is 13.4. The highest BCUT2D eigenvalue weighted by molar-refractivity contribution is 6.14. The summed E-state index contributed by atoms with van der Waals surface area (Å²) in [6, 6.07) is 17.6. The highest BCUT2D eigenvalue weighted by Crippen LogP contribution is 2.29. The molecule has 0 radical (unpaired) electrons. The van der Waals surface area contributed by atoms with E-state index in [1.165, 1.54) is 62.7 Å². The molecule has 0 amide bonds. The Balaban J connectivity index is 1.70. The first kappa shape index (κ1) is 30.7. The summed E-state index contributed by atoms with van der Waals surface area (Å²) in [5.74, 6) is 0.217. The normalized spacial score (nSPS) is 15.7. The lowest BCUT2D eigenvalue weighted by Gasteiger charge is -2.25. The minimum atomic E-state index is 0.217. The predicted octanol–water partition coefficient (Wildman–Crippen LogP) is 9.72. The number of benzene rings is 2. The molecule has 0 saturated heterocycles. The van der Waals surface area contributed by atoms with Crippen LogP contribution in [0.1, 0.15) is 109 Å². The summed E-state index contributed by atoms with van der Waals surface area (Å²) in [6.07, 6.45) is 16.7. The van der Waals surface area contributed by atoms with Crippen LogP contribution < -0.4 is 9.80 Å². The maximum Gasteiger partial charge on any atom is 0.185 e. The molecular weight excluding hydrogens is 476 g/mol. The zero-order chi connectivity index (χ0) is 27.9. The van der Waals surface area contributed by atoms with E-state index in [0.717, 1.165) is 67.7 Å². The van der Waals surface area contributed by atoms with Crippen molar-refractivity contribution in [3.8, 4) is 0 Å². The van der Waals surface area contributed by atoms with Crippen LogP contribution >= 0.6 is 0 Å². The summed E-state index contributed by atoms with van der Waals surface area (Å²) < 4.78 is 0. The first-order chi connectivity index (χ1) is 19.1. The second-order valence-electron chi connectivity index (χ2n) is 11.1. The van der Waals surface area contributed by atoms with Crippen molar-refractivity contribution in [3.63, 3.8) is 0 Å². The number of nitrogens with zero attached hydrogens (tertiary/aromatic N) is 2. The average Bonchev–Trinajstić information content (AvgIpc) is 2.96. The number of ketones is 1. The SMILES string of the molecule is CCCCN(CCCC)c1ccc(C=C2CCCC(=Cc3ccc(N(CCCC)CCCC)cc3)C2=O)cc1. The zero-order valence-electron chi connectivity index (χ0n) is 25.2. The standard InChI is InChI=1S/C36H52N2O/c1-5-9-24-37(25-10-6-2)34-20-16-30(17-21-34)28-32-14-13-15-33(36(32)39)29-31-18-22-35(23-19-31)38(26-11-7-3)27-12-8-4/h16-23,28-29H,5-15,24-27H2,1-4H3. The minimum absolute atomic E-state index is 0.217. The molecular formula is C36H52N2O. The Morgan fingerprint density at radius 3 is 1.21 bits per heavy atom. The van der Waals surface area contributed by atoms with Crippen LogP contribution in [0.3, 0.4) is 0 Å². The molecule has 39 heavy (non-hydrogen) atoms. The third-order valence-corrected chi connectivity index (χ3v) is 7.80. The van der Waals surface area contributed by atoms with E-state index in [4.69, 9.17) is 0 Å². The highest BCUT2D eigenvalue weighted by Gasteiger charge is 2.20. The van der Waals surface area contributed by atoms with Crippen LogP contribution in [-0.2, 0) is 4.79 Å². The average molecular weight is 529 g/mol. The lowest BCUT2D eigenvalue weighted by molar-refractivity contribution is -0.112. The molecule has 2 aromatic rings. The van der Waals surface area contributed by atoms with Crippen molar-refractivity contribution in [2.45, 2.75) is 98.3 Å². The van der Waals surface area contributed by atoms with Crippen LogP contribution in [0.15, 0.2) is 59.7 Å². The van der Waals surface area contributed by atoms with E-state index in [2.05, 4.69) is 98.2 Å². The third-order valence-electron chi connectivity index (χ3n) is 7.80. The van der Waals surface area contributed by atoms with Crippen molar-refractivity contribution in [2.75, 3.05) is 36.0 Å². The predicted molar refractivity (Wildman–Crippen MR) is 172 cm³/mol. The Bertz CT molecular complexity index is 949. The lowest BCUT2D eigenvalue weighted by atomic mass is 9.87. The van der Waals surface area contributed by atoms with Crippen LogP contribution in [0, 0.1) is 0 Å².